The number of nitrogens with zero attached hydrogens (tertiary/aromatic N) is 1. The van der Waals surface area contributed by atoms with E-state index in [0.29, 0.717) is 23.6 Å². The molecule has 0 aromatic rings. The minimum Gasteiger partial charge on any atom is -0.212 e. The van der Waals surface area contributed by atoms with Crippen LogP contribution in [-0.2, 0) is 10.0 Å². The van der Waals surface area contributed by atoms with E-state index >= 15 is 0 Å². The predicted octanol–water partition coefficient (Wildman–Crippen LogP) is 1.77. The van der Waals surface area contributed by atoms with Gasteiger partial charge in [-0.15, -0.1) is 11.6 Å². The number of hydrogen-bond donors (Lipinski definition) is 0. The molecule has 0 aliphatic carbocycles. The van der Waals surface area contributed by atoms with Gasteiger partial charge in [-0.2, -0.15) is 16.1 Å². The van der Waals surface area contributed by atoms with Gasteiger partial charge in [0.2, 0.25) is 10.0 Å². The van der Waals surface area contributed by atoms with Gasteiger partial charge >= 0.3 is 0 Å². The normalized spacial score (nSPS) is 31.5. The molecule has 3 unspecified atom stereocenters. The van der Waals surface area contributed by atoms with E-state index in [1.807, 2.05) is 11.8 Å². The molecule has 0 aromatic carbocycles. The highest BCUT2D eigenvalue weighted by atomic mass is 35.5. The van der Waals surface area contributed by atoms with Crippen LogP contribution in [0.25, 0.3) is 0 Å². The van der Waals surface area contributed by atoms with Gasteiger partial charge in [-0.1, -0.05) is 13.8 Å². The second-order valence-corrected chi connectivity index (χ2v) is 8.63. The summed E-state index contributed by atoms with van der Waals surface area (Å²) in [6.07, 6.45) is 0. The molecule has 1 aliphatic heterocycles. The van der Waals surface area contributed by atoms with Gasteiger partial charge in [0.1, 0.15) is 0 Å². The summed E-state index contributed by atoms with van der Waals surface area (Å²) in [5.41, 5.74) is 0. The third kappa shape index (κ3) is 3.25. The zero-order chi connectivity index (χ0) is 11.6. The highest BCUT2D eigenvalue weighted by Crippen LogP contribution is 2.27. The van der Waals surface area contributed by atoms with Gasteiger partial charge in [-0.25, -0.2) is 8.42 Å². The van der Waals surface area contributed by atoms with Gasteiger partial charge in [0.05, 0.1) is 5.25 Å². The number of rotatable bonds is 3. The number of thioether (sulfide) groups is 1. The molecule has 3 atom stereocenters. The van der Waals surface area contributed by atoms with Crippen molar-refractivity contribution >= 4 is 33.4 Å². The smallest absolute Gasteiger partial charge is 0.212 e. The Morgan fingerprint density at radius 3 is 2.27 bits per heavy atom. The van der Waals surface area contributed by atoms with Crippen molar-refractivity contribution < 1.29 is 8.42 Å². The lowest BCUT2D eigenvalue weighted by molar-refractivity contribution is 0.400. The molecule has 0 amide bonds. The molecule has 1 rings (SSSR count). The minimum absolute atomic E-state index is 0.161. The zero-order valence-corrected chi connectivity index (χ0v) is 11.7. The predicted molar refractivity (Wildman–Crippen MR) is 67.2 cm³/mol. The monoisotopic (exact) mass is 271 g/mol. The van der Waals surface area contributed by atoms with Gasteiger partial charge in [-0.3, -0.25) is 0 Å². The van der Waals surface area contributed by atoms with Crippen molar-refractivity contribution in [2.24, 2.45) is 0 Å². The highest BCUT2D eigenvalue weighted by Gasteiger charge is 2.33. The SMILES string of the molecule is CC1CN(S(=O)(=O)C(C)CCl)CC(C)S1. The van der Waals surface area contributed by atoms with E-state index in [9.17, 15) is 8.42 Å². The lowest BCUT2D eigenvalue weighted by Gasteiger charge is -2.34. The van der Waals surface area contributed by atoms with Crippen molar-refractivity contribution in [1.29, 1.82) is 0 Å². The molecule has 0 aromatic heterocycles. The molecular weight excluding hydrogens is 254 g/mol. The molecule has 90 valence electrons. The van der Waals surface area contributed by atoms with Gasteiger partial charge in [-0.05, 0) is 6.92 Å². The van der Waals surface area contributed by atoms with Crippen LogP contribution in [0.3, 0.4) is 0 Å². The first-order valence-corrected chi connectivity index (χ1v) is 8.06. The Morgan fingerprint density at radius 1 is 1.40 bits per heavy atom. The average molecular weight is 272 g/mol. The summed E-state index contributed by atoms with van der Waals surface area (Å²) in [5.74, 6) is 0.161. The molecule has 0 radical (unpaired) electrons. The van der Waals surface area contributed by atoms with E-state index in [4.69, 9.17) is 11.6 Å². The van der Waals surface area contributed by atoms with E-state index < -0.39 is 15.3 Å². The molecule has 15 heavy (non-hydrogen) atoms. The largest absolute Gasteiger partial charge is 0.217 e. The third-order valence-electron chi connectivity index (χ3n) is 2.47. The molecule has 1 heterocycles. The molecule has 6 heteroatoms. The van der Waals surface area contributed by atoms with E-state index in [0.717, 1.165) is 0 Å². The molecule has 1 aliphatic rings. The van der Waals surface area contributed by atoms with E-state index in [2.05, 4.69) is 13.8 Å². The van der Waals surface area contributed by atoms with Crippen molar-refractivity contribution in [1.82, 2.24) is 4.31 Å². The van der Waals surface area contributed by atoms with Crippen molar-refractivity contribution in [3.63, 3.8) is 0 Å². The minimum atomic E-state index is -3.19. The topological polar surface area (TPSA) is 37.4 Å². The summed E-state index contributed by atoms with van der Waals surface area (Å²) in [6, 6.07) is 0. The van der Waals surface area contributed by atoms with Gasteiger partial charge in [0, 0.05) is 29.5 Å². The lowest BCUT2D eigenvalue weighted by atomic mass is 10.4. The first-order chi connectivity index (χ1) is 6.87. The van der Waals surface area contributed by atoms with Crippen LogP contribution in [0.15, 0.2) is 0 Å². The Hall–Kier alpha value is 0.550. The van der Waals surface area contributed by atoms with Crippen LogP contribution in [-0.4, -0.2) is 47.4 Å². The number of halogens is 1. The fourth-order valence-corrected chi connectivity index (χ4v) is 5.20. The summed E-state index contributed by atoms with van der Waals surface area (Å²) in [4.78, 5) is 0. The van der Waals surface area contributed by atoms with Gasteiger partial charge in [0.15, 0.2) is 0 Å². The van der Waals surface area contributed by atoms with Crippen molar-refractivity contribution in [3.05, 3.63) is 0 Å². The Bertz CT molecular complexity index is 297. The van der Waals surface area contributed by atoms with Crippen molar-refractivity contribution in [2.75, 3.05) is 19.0 Å². The van der Waals surface area contributed by atoms with E-state index in [-0.39, 0.29) is 5.88 Å². The molecule has 0 bridgehead atoms. The van der Waals surface area contributed by atoms with Gasteiger partial charge < -0.3 is 0 Å². The first-order valence-electron chi connectivity index (χ1n) is 5.08. The molecule has 0 N–H and O–H groups in total. The van der Waals surface area contributed by atoms with Crippen LogP contribution in [0, 0.1) is 0 Å². The Morgan fingerprint density at radius 2 is 1.87 bits per heavy atom. The van der Waals surface area contributed by atoms with Crippen LogP contribution in [0.4, 0.5) is 0 Å². The van der Waals surface area contributed by atoms with Crippen molar-refractivity contribution in [3.8, 4) is 0 Å². The fourth-order valence-electron chi connectivity index (χ4n) is 1.67. The van der Waals surface area contributed by atoms with Crippen molar-refractivity contribution in [2.45, 2.75) is 36.5 Å². The molecule has 0 saturated carbocycles. The molecular formula is C9H18ClNO2S2. The number of hydrogen-bond acceptors (Lipinski definition) is 3. The Balaban J connectivity index is 2.79. The van der Waals surface area contributed by atoms with Crippen LogP contribution in [0.1, 0.15) is 20.8 Å². The maximum absolute atomic E-state index is 12.0. The first kappa shape index (κ1) is 13.6. The summed E-state index contributed by atoms with van der Waals surface area (Å²) in [5, 5.41) is 0.249. The standard InChI is InChI=1S/C9H18ClNO2S2/c1-7-5-11(6-8(2)14-7)15(12,13)9(3)4-10/h7-9H,4-6H2,1-3H3. The second-order valence-electron chi connectivity index (χ2n) is 4.08. The van der Waals surface area contributed by atoms with E-state index in [1.165, 1.54) is 0 Å². The number of sulfonamides is 1. The Labute approximate surface area is 102 Å². The molecule has 3 nitrogen and oxygen atoms in total. The van der Waals surface area contributed by atoms with Crippen LogP contribution in [0.2, 0.25) is 0 Å². The molecule has 1 fully saturated rings. The summed E-state index contributed by atoms with van der Waals surface area (Å²) >= 11 is 7.46. The number of alkyl halides is 1. The average Bonchev–Trinajstić information content (AvgIpc) is 2.15. The quantitative estimate of drug-likeness (QED) is 0.734. The third-order valence-corrected chi connectivity index (χ3v) is 6.55. The zero-order valence-electron chi connectivity index (χ0n) is 9.31. The maximum atomic E-state index is 12.0. The lowest BCUT2D eigenvalue weighted by Crippen LogP contribution is -2.47. The van der Waals surface area contributed by atoms with Crippen LogP contribution < -0.4 is 0 Å². The molecule has 1 saturated heterocycles. The van der Waals surface area contributed by atoms with Crippen LogP contribution >= 0.6 is 23.4 Å². The maximum Gasteiger partial charge on any atom is 0.217 e. The summed E-state index contributed by atoms with van der Waals surface area (Å²) < 4.78 is 25.7. The second kappa shape index (κ2) is 5.25. The van der Waals surface area contributed by atoms with E-state index in [1.54, 1.807) is 11.2 Å². The fraction of sp³-hybridized carbons (Fsp3) is 1.00. The summed E-state index contributed by atoms with van der Waals surface area (Å²) in [6.45, 7) is 7.01. The van der Waals surface area contributed by atoms with Gasteiger partial charge in [0.25, 0.3) is 0 Å². The highest BCUT2D eigenvalue weighted by molar-refractivity contribution is 8.00. The summed E-state index contributed by atoms with van der Waals surface area (Å²) in [7, 11) is -3.19. The van der Waals surface area contributed by atoms with Crippen LogP contribution in [0.5, 0.6) is 0 Å². The Kier molecular flexibility index (Phi) is 4.77. The molecule has 0 spiro atoms.